The fourth-order valence-corrected chi connectivity index (χ4v) is 2.55. The first-order valence-corrected chi connectivity index (χ1v) is 6.07. The number of nitrogens with zero attached hydrogens (tertiary/aromatic N) is 3. The van der Waals surface area contributed by atoms with Crippen LogP contribution >= 0.6 is 0 Å². The predicted octanol–water partition coefficient (Wildman–Crippen LogP) is 1.73. The average molecular weight is 247 g/mol. The van der Waals surface area contributed by atoms with Gasteiger partial charge in [-0.3, -0.25) is 0 Å². The third kappa shape index (κ3) is 1.80. The van der Waals surface area contributed by atoms with E-state index in [2.05, 4.69) is 9.97 Å². The molecule has 3 rings (SSSR count). The van der Waals surface area contributed by atoms with Gasteiger partial charge in [0.1, 0.15) is 18.0 Å². The third-order valence-corrected chi connectivity index (χ3v) is 3.44. The molecule has 0 spiro atoms. The molecule has 1 fully saturated rings. The van der Waals surface area contributed by atoms with Crippen molar-refractivity contribution in [2.75, 3.05) is 18.1 Å². The van der Waals surface area contributed by atoms with Gasteiger partial charge in [-0.1, -0.05) is 0 Å². The summed E-state index contributed by atoms with van der Waals surface area (Å²) in [4.78, 5) is 10.4. The molecule has 0 amide bonds. The van der Waals surface area contributed by atoms with Gasteiger partial charge in [0.05, 0.1) is 18.2 Å². The van der Waals surface area contributed by atoms with Crippen molar-refractivity contribution in [1.29, 1.82) is 0 Å². The first-order chi connectivity index (χ1) is 8.79. The standard InChI is InChI=1S/C13H14FN3O/c14-9-3-4-12-11(6-9)13(16-8-15-12)17-5-1-2-10(17)7-18/h3-4,6,8,10,18H,1-2,5,7H2/t10-/m0/s1. The van der Waals surface area contributed by atoms with Crippen LogP contribution in [0.5, 0.6) is 0 Å². The Labute approximate surface area is 104 Å². The number of rotatable bonds is 2. The van der Waals surface area contributed by atoms with E-state index >= 15 is 0 Å². The molecule has 0 saturated carbocycles. The maximum Gasteiger partial charge on any atom is 0.140 e. The van der Waals surface area contributed by atoms with Crippen molar-refractivity contribution < 1.29 is 9.50 Å². The maximum absolute atomic E-state index is 13.4. The van der Waals surface area contributed by atoms with E-state index < -0.39 is 0 Å². The van der Waals surface area contributed by atoms with Crippen LogP contribution in [0, 0.1) is 5.82 Å². The van der Waals surface area contributed by atoms with Gasteiger partial charge in [-0.05, 0) is 31.0 Å². The van der Waals surface area contributed by atoms with Gasteiger partial charge in [-0.2, -0.15) is 0 Å². The molecule has 18 heavy (non-hydrogen) atoms. The Balaban J connectivity index is 2.13. The van der Waals surface area contributed by atoms with Crippen molar-refractivity contribution in [3.63, 3.8) is 0 Å². The molecule has 2 aromatic rings. The van der Waals surface area contributed by atoms with E-state index in [0.717, 1.165) is 30.7 Å². The fraction of sp³-hybridized carbons (Fsp3) is 0.385. The lowest BCUT2D eigenvalue weighted by Gasteiger charge is -2.25. The fourth-order valence-electron chi connectivity index (χ4n) is 2.55. The van der Waals surface area contributed by atoms with Gasteiger partial charge in [-0.15, -0.1) is 0 Å². The Morgan fingerprint density at radius 3 is 3.11 bits per heavy atom. The monoisotopic (exact) mass is 247 g/mol. The topological polar surface area (TPSA) is 49.2 Å². The van der Waals surface area contributed by atoms with E-state index in [1.54, 1.807) is 6.07 Å². The van der Waals surface area contributed by atoms with Crippen molar-refractivity contribution in [2.24, 2.45) is 0 Å². The van der Waals surface area contributed by atoms with Crippen LogP contribution in [0.1, 0.15) is 12.8 Å². The van der Waals surface area contributed by atoms with Crippen LogP contribution in [0.3, 0.4) is 0 Å². The zero-order chi connectivity index (χ0) is 12.5. The molecule has 1 saturated heterocycles. The number of hydrogen-bond acceptors (Lipinski definition) is 4. The minimum absolute atomic E-state index is 0.0753. The Kier molecular flexibility index (Phi) is 2.83. The second-order valence-electron chi connectivity index (χ2n) is 4.53. The highest BCUT2D eigenvalue weighted by Crippen LogP contribution is 2.29. The van der Waals surface area contributed by atoms with Gasteiger partial charge in [0, 0.05) is 11.9 Å². The number of hydrogen-bond donors (Lipinski definition) is 1. The smallest absolute Gasteiger partial charge is 0.140 e. The molecule has 0 aliphatic carbocycles. The van der Waals surface area contributed by atoms with Gasteiger partial charge in [0.15, 0.2) is 0 Å². The SMILES string of the molecule is OC[C@@H]1CCCN1c1ncnc2ccc(F)cc12. The molecule has 0 radical (unpaired) electrons. The number of aromatic nitrogens is 2. The first-order valence-electron chi connectivity index (χ1n) is 6.07. The zero-order valence-electron chi connectivity index (χ0n) is 9.88. The van der Waals surface area contributed by atoms with Crippen LogP contribution < -0.4 is 4.90 Å². The van der Waals surface area contributed by atoms with E-state index in [1.807, 2.05) is 4.90 Å². The van der Waals surface area contributed by atoms with Gasteiger partial charge < -0.3 is 10.0 Å². The van der Waals surface area contributed by atoms with Crippen LogP contribution in [0.25, 0.3) is 10.9 Å². The number of halogens is 1. The lowest BCUT2D eigenvalue weighted by atomic mass is 10.2. The third-order valence-electron chi connectivity index (χ3n) is 3.44. The van der Waals surface area contributed by atoms with E-state index in [4.69, 9.17) is 0 Å². The summed E-state index contributed by atoms with van der Waals surface area (Å²) in [7, 11) is 0. The number of aliphatic hydroxyl groups is 1. The molecule has 2 heterocycles. The van der Waals surface area contributed by atoms with Crippen molar-refractivity contribution in [2.45, 2.75) is 18.9 Å². The Morgan fingerprint density at radius 1 is 1.39 bits per heavy atom. The summed E-state index contributed by atoms with van der Waals surface area (Å²) >= 11 is 0. The Morgan fingerprint density at radius 2 is 2.28 bits per heavy atom. The lowest BCUT2D eigenvalue weighted by molar-refractivity contribution is 0.266. The maximum atomic E-state index is 13.4. The highest BCUT2D eigenvalue weighted by molar-refractivity contribution is 5.89. The van der Waals surface area contributed by atoms with E-state index in [9.17, 15) is 9.50 Å². The largest absolute Gasteiger partial charge is 0.394 e. The second kappa shape index (κ2) is 4.49. The second-order valence-corrected chi connectivity index (χ2v) is 4.53. The van der Waals surface area contributed by atoms with Crippen molar-refractivity contribution in [1.82, 2.24) is 9.97 Å². The quantitative estimate of drug-likeness (QED) is 0.878. The predicted molar refractivity (Wildman–Crippen MR) is 66.9 cm³/mol. The summed E-state index contributed by atoms with van der Waals surface area (Å²) < 4.78 is 13.4. The van der Waals surface area contributed by atoms with E-state index in [0.29, 0.717) is 5.39 Å². The van der Waals surface area contributed by atoms with Crippen LogP contribution in [0.4, 0.5) is 10.2 Å². The minimum atomic E-state index is -0.293. The number of aliphatic hydroxyl groups excluding tert-OH is 1. The lowest BCUT2D eigenvalue weighted by Crippen LogP contribution is -2.32. The Bertz CT molecular complexity index is 575. The summed E-state index contributed by atoms with van der Waals surface area (Å²) in [5.74, 6) is 0.425. The number of fused-ring (bicyclic) bond motifs is 1. The zero-order valence-corrected chi connectivity index (χ0v) is 9.88. The highest BCUT2D eigenvalue weighted by Gasteiger charge is 2.26. The summed E-state index contributed by atoms with van der Waals surface area (Å²) in [6, 6.07) is 4.58. The molecule has 1 N–H and O–H groups in total. The first kappa shape index (κ1) is 11.3. The van der Waals surface area contributed by atoms with Crippen molar-refractivity contribution >= 4 is 16.7 Å². The van der Waals surface area contributed by atoms with Crippen LogP contribution in [0.2, 0.25) is 0 Å². The van der Waals surface area contributed by atoms with Crippen LogP contribution in [-0.2, 0) is 0 Å². The van der Waals surface area contributed by atoms with E-state index in [-0.39, 0.29) is 18.5 Å². The Hall–Kier alpha value is -1.75. The van der Waals surface area contributed by atoms with Gasteiger partial charge in [-0.25, -0.2) is 14.4 Å². The molecular formula is C13H14FN3O. The van der Waals surface area contributed by atoms with Crippen LogP contribution in [0.15, 0.2) is 24.5 Å². The molecule has 5 heteroatoms. The van der Waals surface area contributed by atoms with Crippen molar-refractivity contribution in [3.8, 4) is 0 Å². The van der Waals surface area contributed by atoms with Gasteiger partial charge in [0.25, 0.3) is 0 Å². The highest BCUT2D eigenvalue weighted by atomic mass is 19.1. The van der Waals surface area contributed by atoms with E-state index in [1.165, 1.54) is 18.5 Å². The summed E-state index contributed by atoms with van der Waals surface area (Å²) in [5, 5.41) is 10.1. The molecule has 0 unspecified atom stereocenters. The van der Waals surface area contributed by atoms with Gasteiger partial charge in [0.2, 0.25) is 0 Å². The number of anilines is 1. The average Bonchev–Trinajstić information content (AvgIpc) is 2.86. The van der Waals surface area contributed by atoms with Crippen LogP contribution in [-0.4, -0.2) is 34.3 Å². The summed E-state index contributed by atoms with van der Waals surface area (Å²) in [5.41, 5.74) is 0.727. The summed E-state index contributed by atoms with van der Waals surface area (Å²) in [6.45, 7) is 0.939. The molecule has 1 aromatic heterocycles. The number of benzene rings is 1. The van der Waals surface area contributed by atoms with Crippen molar-refractivity contribution in [3.05, 3.63) is 30.3 Å². The molecule has 0 bridgehead atoms. The molecule has 94 valence electrons. The molecule has 1 aromatic carbocycles. The minimum Gasteiger partial charge on any atom is -0.394 e. The summed E-state index contributed by atoms with van der Waals surface area (Å²) in [6.07, 6.45) is 3.45. The van der Waals surface area contributed by atoms with Gasteiger partial charge >= 0.3 is 0 Å². The molecular weight excluding hydrogens is 233 g/mol. The molecule has 1 aliphatic heterocycles. The molecule has 1 aliphatic rings. The molecule has 1 atom stereocenters. The normalized spacial score (nSPS) is 19.7. The molecule has 4 nitrogen and oxygen atoms in total.